The van der Waals surface area contributed by atoms with Gasteiger partial charge in [-0.25, -0.2) is 14.1 Å². The summed E-state index contributed by atoms with van der Waals surface area (Å²) in [5.41, 5.74) is 4.23. The Bertz CT molecular complexity index is 1680. The lowest BCUT2D eigenvalue weighted by Gasteiger charge is -2.24. The van der Waals surface area contributed by atoms with Crippen LogP contribution in [0.25, 0.3) is 5.52 Å². The number of nitriles is 1. The quantitative estimate of drug-likeness (QED) is 0.0439. The molecule has 312 valence electrons. The molecule has 56 heavy (non-hydrogen) atoms. The molecule has 3 aromatic rings. The monoisotopic (exact) mass is 804 g/mol. The number of fused-ring (bicyclic) bond motifs is 1. The summed E-state index contributed by atoms with van der Waals surface area (Å²) in [6, 6.07) is 9.87. The summed E-state index contributed by atoms with van der Waals surface area (Å²) in [4.78, 5) is 18.7. The number of nitrogens with zero attached hydrogens (tertiary/aromatic N) is 5. The van der Waals surface area contributed by atoms with Gasteiger partial charge in [0.1, 0.15) is 42.3 Å². The predicted molar refractivity (Wildman–Crippen MR) is 209 cm³/mol. The molecule has 4 heterocycles. The number of methoxy groups -OCH3 is 1. The molecule has 0 saturated carbocycles. The van der Waals surface area contributed by atoms with Gasteiger partial charge >= 0.3 is 7.82 Å². The highest BCUT2D eigenvalue weighted by atomic mass is 31.2. The highest BCUT2D eigenvalue weighted by molar-refractivity contribution is 7.47. The van der Waals surface area contributed by atoms with Crippen molar-refractivity contribution in [3.8, 4) is 17.8 Å². The van der Waals surface area contributed by atoms with Crippen LogP contribution in [0.5, 0.6) is 11.8 Å². The second-order valence-corrected chi connectivity index (χ2v) is 15.7. The molecule has 17 heteroatoms. The van der Waals surface area contributed by atoms with E-state index < -0.39 is 51.1 Å². The van der Waals surface area contributed by atoms with Gasteiger partial charge in [-0.05, 0) is 18.6 Å². The largest absolute Gasteiger partial charge is 0.481 e. The summed E-state index contributed by atoms with van der Waals surface area (Å²) in [5, 5.41) is 36.0. The second kappa shape index (κ2) is 23.7. The van der Waals surface area contributed by atoms with Gasteiger partial charge in [-0.2, -0.15) is 15.3 Å². The van der Waals surface area contributed by atoms with E-state index in [4.69, 9.17) is 33.7 Å². The van der Waals surface area contributed by atoms with Crippen molar-refractivity contribution in [3.05, 3.63) is 42.4 Å². The Balaban J connectivity index is 1.18. The van der Waals surface area contributed by atoms with Crippen molar-refractivity contribution in [2.24, 2.45) is 0 Å². The minimum atomic E-state index is -4.78. The van der Waals surface area contributed by atoms with Crippen LogP contribution in [0.4, 0.5) is 5.82 Å². The Morgan fingerprint density at radius 2 is 1.55 bits per heavy atom. The Kier molecular flexibility index (Phi) is 19.2. The number of phosphoric ester groups is 1. The number of pyridine rings is 1. The van der Waals surface area contributed by atoms with E-state index in [9.17, 15) is 24.9 Å². The summed E-state index contributed by atoms with van der Waals surface area (Å²) in [6.07, 6.45) is 15.9. The van der Waals surface area contributed by atoms with Crippen LogP contribution in [-0.2, 0) is 28.7 Å². The molecule has 0 spiro atoms. The number of phosphoric acid groups is 1. The average Bonchev–Trinajstić information content (AvgIpc) is 3.75. The molecule has 1 saturated heterocycles. The SMILES string of the molecule is CCCCCCCCCCCCCCCCCCOC[C@H](COP(=O)(O)OC[C@H]1O[C@@](C#N)(c2ccc3c(N)ncnn23)[C@H](O)[C@@H]1O)Oc1cccc(OC)n1. The summed E-state index contributed by atoms with van der Waals surface area (Å²) in [5.74, 6) is 0.648. The first-order valence-corrected chi connectivity index (χ1v) is 21.5. The molecule has 0 bridgehead atoms. The summed E-state index contributed by atoms with van der Waals surface area (Å²) >= 11 is 0. The van der Waals surface area contributed by atoms with Crippen molar-refractivity contribution in [1.82, 2.24) is 19.6 Å². The number of rotatable bonds is 29. The van der Waals surface area contributed by atoms with Crippen LogP contribution in [0, 0.1) is 11.3 Å². The van der Waals surface area contributed by atoms with E-state index in [1.165, 1.54) is 114 Å². The maximum absolute atomic E-state index is 13.0. The molecule has 0 aliphatic carbocycles. The third-order valence-corrected chi connectivity index (χ3v) is 10.9. The fourth-order valence-electron chi connectivity index (χ4n) is 6.76. The molecule has 1 aliphatic heterocycles. The molecule has 6 atom stereocenters. The van der Waals surface area contributed by atoms with E-state index in [2.05, 4.69) is 22.0 Å². The van der Waals surface area contributed by atoms with Gasteiger partial charge in [0.05, 0.1) is 32.6 Å². The number of aromatic nitrogens is 4. The van der Waals surface area contributed by atoms with Crippen molar-refractivity contribution in [2.75, 3.05) is 39.3 Å². The van der Waals surface area contributed by atoms with Gasteiger partial charge in [-0.3, -0.25) is 9.05 Å². The van der Waals surface area contributed by atoms with Crippen LogP contribution in [0.15, 0.2) is 36.7 Å². The van der Waals surface area contributed by atoms with Crippen LogP contribution in [0.1, 0.15) is 115 Å². The molecule has 1 aliphatic rings. The molecular formula is C39H61N6O10P. The number of ether oxygens (including phenoxy) is 4. The zero-order valence-corrected chi connectivity index (χ0v) is 33.8. The molecule has 1 unspecified atom stereocenters. The molecule has 3 aromatic heterocycles. The molecule has 16 nitrogen and oxygen atoms in total. The normalized spacial score (nSPS) is 21.2. The van der Waals surface area contributed by atoms with Crippen LogP contribution in [-0.4, -0.2) is 92.6 Å². The van der Waals surface area contributed by atoms with Gasteiger partial charge in [0.15, 0.2) is 5.82 Å². The highest BCUT2D eigenvalue weighted by Gasteiger charge is 2.58. The van der Waals surface area contributed by atoms with E-state index in [0.29, 0.717) is 18.0 Å². The Hall–Kier alpha value is -3.39. The smallest absolute Gasteiger partial charge is 0.472 e. The summed E-state index contributed by atoms with van der Waals surface area (Å²) in [6.45, 7) is 1.66. The average molecular weight is 805 g/mol. The molecule has 0 aromatic carbocycles. The van der Waals surface area contributed by atoms with Crippen LogP contribution < -0.4 is 15.2 Å². The van der Waals surface area contributed by atoms with E-state index in [-0.39, 0.29) is 24.0 Å². The van der Waals surface area contributed by atoms with Crippen LogP contribution in [0.3, 0.4) is 0 Å². The third-order valence-electron chi connectivity index (χ3n) is 9.95. The molecule has 0 amide bonds. The first-order valence-electron chi connectivity index (χ1n) is 20.0. The lowest BCUT2D eigenvalue weighted by molar-refractivity contribution is -0.0652. The maximum Gasteiger partial charge on any atom is 0.472 e. The topological polar surface area (TPSA) is 226 Å². The minimum Gasteiger partial charge on any atom is -0.481 e. The number of hydrogen-bond acceptors (Lipinski definition) is 14. The second-order valence-electron chi connectivity index (χ2n) is 14.3. The molecule has 4 rings (SSSR count). The van der Waals surface area contributed by atoms with Crippen molar-refractivity contribution in [2.45, 2.75) is 140 Å². The molecule has 0 radical (unpaired) electrons. The molecule has 5 N–H and O–H groups in total. The van der Waals surface area contributed by atoms with Gasteiger partial charge in [0.25, 0.3) is 0 Å². The fraction of sp³-hybridized carbons (Fsp3) is 0.692. The van der Waals surface area contributed by atoms with Gasteiger partial charge < -0.3 is 39.8 Å². The number of aliphatic hydroxyl groups is 2. The third kappa shape index (κ3) is 13.6. The predicted octanol–water partition coefficient (Wildman–Crippen LogP) is 6.41. The van der Waals surface area contributed by atoms with Crippen molar-refractivity contribution < 1.29 is 47.7 Å². The summed E-state index contributed by atoms with van der Waals surface area (Å²) < 4.78 is 47.5. The number of anilines is 1. The first kappa shape index (κ1) is 45.3. The number of unbranched alkanes of at least 4 members (excludes halogenated alkanes) is 15. The van der Waals surface area contributed by atoms with E-state index in [0.717, 1.165) is 19.3 Å². The van der Waals surface area contributed by atoms with E-state index in [1.54, 1.807) is 18.2 Å². The van der Waals surface area contributed by atoms with Crippen molar-refractivity contribution in [1.29, 1.82) is 5.26 Å². The van der Waals surface area contributed by atoms with Crippen LogP contribution >= 0.6 is 7.82 Å². The first-order chi connectivity index (χ1) is 27.1. The zero-order valence-electron chi connectivity index (χ0n) is 32.9. The minimum absolute atomic E-state index is 0.0400. The highest BCUT2D eigenvalue weighted by Crippen LogP contribution is 2.46. The lowest BCUT2D eigenvalue weighted by Crippen LogP contribution is -2.41. The Labute approximate surface area is 330 Å². The Morgan fingerprint density at radius 3 is 2.18 bits per heavy atom. The van der Waals surface area contributed by atoms with Gasteiger partial charge in [-0.1, -0.05) is 109 Å². The standard InChI is InChI=1S/C39H61N6O10P/c1-3-4-5-6-7-8-9-10-11-12-13-14-15-16-17-18-24-51-25-30(54-35-21-19-20-34(44-35)50-2)26-52-56(48,49)53-27-32-36(46)37(47)39(28-40,55-32)33-23-22-31-38(41)42-29-43-45(31)33/h19-23,29-30,32,36-37,46-47H,3-18,24-27H2,1-2H3,(H,48,49)(H2,41,42,43)/t30-,32-,36-,37-,39+/m1/s1. The van der Waals surface area contributed by atoms with E-state index in [1.807, 2.05) is 6.07 Å². The lowest BCUT2D eigenvalue weighted by atomic mass is 9.92. The Morgan fingerprint density at radius 1 is 0.929 bits per heavy atom. The molecular weight excluding hydrogens is 743 g/mol. The van der Waals surface area contributed by atoms with E-state index >= 15 is 0 Å². The van der Waals surface area contributed by atoms with Crippen molar-refractivity contribution >= 4 is 19.2 Å². The zero-order chi connectivity index (χ0) is 40.2. The van der Waals surface area contributed by atoms with Crippen molar-refractivity contribution in [3.63, 3.8) is 0 Å². The number of hydrogen-bond donors (Lipinski definition) is 4. The number of aliphatic hydroxyl groups excluding tert-OH is 2. The maximum atomic E-state index is 13.0. The van der Waals surface area contributed by atoms with Gasteiger partial charge in [0, 0.05) is 18.7 Å². The number of nitrogen functional groups attached to an aromatic ring is 1. The fourth-order valence-corrected chi connectivity index (χ4v) is 7.53. The number of nitrogens with two attached hydrogens (primary N) is 1. The van der Waals surface area contributed by atoms with Gasteiger partial charge in [0.2, 0.25) is 17.4 Å². The van der Waals surface area contributed by atoms with Crippen LogP contribution in [0.2, 0.25) is 0 Å². The van der Waals surface area contributed by atoms with Gasteiger partial charge in [-0.15, -0.1) is 0 Å². The summed E-state index contributed by atoms with van der Waals surface area (Å²) in [7, 11) is -3.30. The molecule has 1 fully saturated rings.